The Balaban J connectivity index is 1.95. The first-order valence-electron chi connectivity index (χ1n) is 8.16. The Morgan fingerprint density at radius 1 is 1.30 bits per heavy atom. The molecule has 0 aromatic heterocycles. The van der Waals surface area contributed by atoms with E-state index in [9.17, 15) is 13.2 Å². The second-order valence-electron chi connectivity index (χ2n) is 6.15. The number of nitrogens with one attached hydrogen (secondary N) is 1. The van der Waals surface area contributed by atoms with Crippen LogP contribution in [0.2, 0.25) is 0 Å². The number of amides is 1. The molecule has 1 heterocycles. The Morgan fingerprint density at radius 2 is 2.07 bits per heavy atom. The van der Waals surface area contributed by atoms with Gasteiger partial charge in [0.25, 0.3) is 5.91 Å². The van der Waals surface area contributed by atoms with Crippen LogP contribution in [0.1, 0.15) is 15.9 Å². The van der Waals surface area contributed by atoms with Crippen molar-refractivity contribution in [3.8, 4) is 11.5 Å². The van der Waals surface area contributed by atoms with Gasteiger partial charge in [0, 0.05) is 18.4 Å². The molecule has 0 atom stereocenters. The van der Waals surface area contributed by atoms with Crippen LogP contribution in [0.5, 0.6) is 11.5 Å². The average Bonchev–Trinajstić information content (AvgIpc) is 2.66. The van der Waals surface area contributed by atoms with E-state index in [1.165, 1.54) is 7.11 Å². The molecule has 2 aromatic carbocycles. The van der Waals surface area contributed by atoms with Crippen LogP contribution in [-0.4, -0.2) is 46.0 Å². The first-order valence-corrected chi connectivity index (χ1v) is 10.1. The number of carbonyl (C=O) groups is 1. The molecular formula is C18H20N2O6S. The lowest BCUT2D eigenvalue weighted by molar-refractivity contribution is 0.0706. The van der Waals surface area contributed by atoms with E-state index in [0.717, 1.165) is 11.8 Å². The summed E-state index contributed by atoms with van der Waals surface area (Å²) in [6.45, 7) is 1.46. The molecule has 1 aliphatic heterocycles. The Labute approximate surface area is 157 Å². The van der Waals surface area contributed by atoms with E-state index in [4.69, 9.17) is 14.7 Å². The fourth-order valence-electron chi connectivity index (χ4n) is 2.97. The number of fused-ring (bicyclic) bond motifs is 1. The van der Waals surface area contributed by atoms with Crippen molar-refractivity contribution >= 4 is 21.4 Å². The summed E-state index contributed by atoms with van der Waals surface area (Å²) in [4.78, 5) is 13.8. The minimum atomic E-state index is -3.44. The summed E-state index contributed by atoms with van der Waals surface area (Å²) in [5.74, 6) is 0.297. The molecular weight excluding hydrogens is 372 g/mol. The summed E-state index contributed by atoms with van der Waals surface area (Å²) >= 11 is 0. The van der Waals surface area contributed by atoms with Gasteiger partial charge in [0.15, 0.2) is 9.84 Å². The molecule has 0 radical (unpaired) electrons. The summed E-state index contributed by atoms with van der Waals surface area (Å²) in [5, 5.41) is 8.84. The molecule has 0 saturated heterocycles. The molecule has 0 bridgehead atoms. The number of rotatable bonds is 5. The van der Waals surface area contributed by atoms with Gasteiger partial charge in [0.2, 0.25) is 0 Å². The molecule has 9 heteroatoms. The smallest absolute Gasteiger partial charge is 0.274 e. The highest BCUT2D eigenvalue weighted by molar-refractivity contribution is 7.90. The molecule has 0 spiro atoms. The zero-order valence-electron chi connectivity index (χ0n) is 14.9. The van der Waals surface area contributed by atoms with Gasteiger partial charge in [-0.2, -0.15) is 0 Å². The Hall–Kier alpha value is -2.78. The summed E-state index contributed by atoms with van der Waals surface area (Å²) in [6, 6.07) is 9.87. The fourth-order valence-corrected chi connectivity index (χ4v) is 3.85. The van der Waals surface area contributed by atoms with E-state index in [-0.39, 0.29) is 4.90 Å². The quantitative estimate of drug-likeness (QED) is 0.588. The van der Waals surface area contributed by atoms with Crippen LogP contribution in [-0.2, 0) is 16.4 Å². The van der Waals surface area contributed by atoms with E-state index < -0.39 is 15.7 Å². The Morgan fingerprint density at radius 3 is 2.74 bits per heavy atom. The monoisotopic (exact) mass is 392 g/mol. The van der Waals surface area contributed by atoms with Crippen molar-refractivity contribution < 1.29 is 27.9 Å². The van der Waals surface area contributed by atoms with Crippen molar-refractivity contribution in [1.29, 1.82) is 0 Å². The number of methoxy groups -OCH3 is 1. The highest BCUT2D eigenvalue weighted by Crippen LogP contribution is 2.34. The van der Waals surface area contributed by atoms with E-state index in [0.29, 0.717) is 42.4 Å². The van der Waals surface area contributed by atoms with E-state index in [1.807, 2.05) is 4.90 Å². The van der Waals surface area contributed by atoms with Gasteiger partial charge in [-0.3, -0.25) is 10.0 Å². The van der Waals surface area contributed by atoms with Gasteiger partial charge in [-0.15, -0.1) is 0 Å². The molecule has 0 fully saturated rings. The first kappa shape index (κ1) is 19.0. The third-order valence-electron chi connectivity index (χ3n) is 4.28. The summed E-state index contributed by atoms with van der Waals surface area (Å²) in [5.41, 5.74) is 3.37. The van der Waals surface area contributed by atoms with Gasteiger partial charge in [-0.1, -0.05) is 6.07 Å². The Kier molecular flexibility index (Phi) is 5.24. The van der Waals surface area contributed by atoms with Crippen LogP contribution in [0.25, 0.3) is 0 Å². The number of benzene rings is 2. The standard InChI is InChI=1S/C18H20N2O6S/c1-25-16-5-3-12(9-17(16)27(2,23)24)11-20-7-8-26-15-6-4-13(10-14(15)20)18(21)19-22/h3-6,9-10,22H,7-8,11H2,1-2H3,(H,19,21). The first-order chi connectivity index (χ1) is 12.8. The fraction of sp³-hybridized carbons (Fsp3) is 0.278. The number of sulfone groups is 1. The van der Waals surface area contributed by atoms with Crippen LogP contribution in [0, 0.1) is 0 Å². The van der Waals surface area contributed by atoms with Crippen LogP contribution >= 0.6 is 0 Å². The summed E-state index contributed by atoms with van der Waals surface area (Å²) < 4.78 is 34.8. The molecule has 0 aliphatic carbocycles. The van der Waals surface area contributed by atoms with Crippen molar-refractivity contribution in [3.63, 3.8) is 0 Å². The number of hydroxylamine groups is 1. The van der Waals surface area contributed by atoms with Gasteiger partial charge >= 0.3 is 0 Å². The number of hydrogen-bond acceptors (Lipinski definition) is 7. The summed E-state index contributed by atoms with van der Waals surface area (Å²) in [6.07, 6.45) is 1.14. The third kappa shape index (κ3) is 3.99. The number of ether oxygens (including phenoxy) is 2. The maximum atomic E-state index is 12.0. The van der Waals surface area contributed by atoms with Crippen LogP contribution in [0.4, 0.5) is 5.69 Å². The summed E-state index contributed by atoms with van der Waals surface area (Å²) in [7, 11) is -2.01. The molecule has 3 rings (SSSR count). The van der Waals surface area contributed by atoms with Gasteiger partial charge in [0.1, 0.15) is 23.0 Å². The molecule has 0 saturated carbocycles. The highest BCUT2D eigenvalue weighted by atomic mass is 32.2. The Bertz CT molecular complexity index is 974. The molecule has 144 valence electrons. The second-order valence-corrected chi connectivity index (χ2v) is 8.13. The van der Waals surface area contributed by atoms with Gasteiger partial charge < -0.3 is 14.4 Å². The van der Waals surface area contributed by atoms with Crippen molar-refractivity contribution in [2.24, 2.45) is 0 Å². The molecule has 8 nitrogen and oxygen atoms in total. The largest absolute Gasteiger partial charge is 0.495 e. The zero-order chi connectivity index (χ0) is 19.6. The van der Waals surface area contributed by atoms with Crippen molar-refractivity contribution in [2.75, 3.05) is 31.4 Å². The molecule has 0 unspecified atom stereocenters. The minimum Gasteiger partial charge on any atom is -0.495 e. The number of carbonyl (C=O) groups excluding carboxylic acids is 1. The molecule has 27 heavy (non-hydrogen) atoms. The third-order valence-corrected chi connectivity index (χ3v) is 5.40. The van der Waals surface area contributed by atoms with Crippen molar-refractivity contribution in [2.45, 2.75) is 11.4 Å². The van der Waals surface area contributed by atoms with E-state index in [2.05, 4.69) is 0 Å². The zero-order valence-corrected chi connectivity index (χ0v) is 15.7. The SMILES string of the molecule is COc1ccc(CN2CCOc3ccc(C(=O)NO)cc32)cc1S(C)(=O)=O. The maximum Gasteiger partial charge on any atom is 0.274 e. The minimum absolute atomic E-state index is 0.129. The van der Waals surface area contributed by atoms with E-state index in [1.54, 1.807) is 41.9 Å². The average molecular weight is 392 g/mol. The number of nitrogens with zero attached hydrogens (tertiary/aromatic N) is 1. The molecule has 2 aromatic rings. The molecule has 1 aliphatic rings. The molecule has 1 amide bonds. The second kappa shape index (κ2) is 7.45. The predicted octanol–water partition coefficient (Wildman–Crippen LogP) is 1.62. The van der Waals surface area contributed by atoms with Crippen molar-refractivity contribution in [3.05, 3.63) is 47.5 Å². The van der Waals surface area contributed by atoms with Gasteiger partial charge in [0.05, 0.1) is 19.3 Å². The predicted molar refractivity (Wildman–Crippen MR) is 98.3 cm³/mol. The van der Waals surface area contributed by atoms with Crippen LogP contribution < -0.4 is 19.9 Å². The maximum absolute atomic E-state index is 12.0. The lowest BCUT2D eigenvalue weighted by Crippen LogP contribution is -2.32. The number of anilines is 1. The molecule has 2 N–H and O–H groups in total. The lowest BCUT2D eigenvalue weighted by Gasteiger charge is -2.31. The lowest BCUT2D eigenvalue weighted by atomic mass is 10.1. The van der Waals surface area contributed by atoms with Crippen molar-refractivity contribution in [1.82, 2.24) is 5.48 Å². The van der Waals surface area contributed by atoms with Crippen LogP contribution in [0.15, 0.2) is 41.3 Å². The van der Waals surface area contributed by atoms with E-state index >= 15 is 0 Å². The van der Waals surface area contributed by atoms with Gasteiger partial charge in [-0.05, 0) is 35.9 Å². The normalized spacial score (nSPS) is 13.5. The highest BCUT2D eigenvalue weighted by Gasteiger charge is 2.22. The van der Waals surface area contributed by atoms with Gasteiger partial charge in [-0.25, -0.2) is 13.9 Å². The topological polar surface area (TPSA) is 105 Å². The van der Waals surface area contributed by atoms with Crippen LogP contribution in [0.3, 0.4) is 0 Å². The number of hydrogen-bond donors (Lipinski definition) is 2.